The van der Waals surface area contributed by atoms with E-state index in [9.17, 15) is 4.79 Å². The molecule has 0 unspecified atom stereocenters. The van der Waals surface area contributed by atoms with Crippen LogP contribution >= 0.6 is 0 Å². The second-order valence-corrected chi connectivity index (χ2v) is 5.71. The highest BCUT2D eigenvalue weighted by atomic mass is 16.5. The van der Waals surface area contributed by atoms with Crippen LogP contribution < -0.4 is 4.74 Å². The summed E-state index contributed by atoms with van der Waals surface area (Å²) in [5.41, 5.74) is 0.585. The number of esters is 1. The van der Waals surface area contributed by atoms with Gasteiger partial charge in [-0.2, -0.15) is 0 Å². The zero-order valence-corrected chi connectivity index (χ0v) is 13.5. The first-order valence-electron chi connectivity index (χ1n) is 7.73. The van der Waals surface area contributed by atoms with Gasteiger partial charge in [-0.25, -0.2) is 4.79 Å². The van der Waals surface area contributed by atoms with Crippen molar-refractivity contribution in [1.82, 2.24) is 0 Å². The summed E-state index contributed by atoms with van der Waals surface area (Å²) < 4.78 is 10.3. The van der Waals surface area contributed by atoms with Gasteiger partial charge in [0.15, 0.2) is 0 Å². The van der Waals surface area contributed by atoms with Gasteiger partial charge in [0.25, 0.3) is 0 Å². The molecule has 0 atom stereocenters. The number of carbonyl (C=O) groups is 1. The van der Waals surface area contributed by atoms with E-state index in [1.54, 1.807) is 7.11 Å². The molecule has 0 aliphatic heterocycles. The predicted octanol–water partition coefficient (Wildman–Crippen LogP) is 4.94. The Morgan fingerprint density at radius 2 is 1.54 bits per heavy atom. The van der Waals surface area contributed by atoms with Crippen LogP contribution in [0.2, 0.25) is 0 Å². The van der Waals surface area contributed by atoms with Gasteiger partial charge in [-0.3, -0.25) is 0 Å². The van der Waals surface area contributed by atoms with E-state index in [0.717, 1.165) is 38.1 Å². The van der Waals surface area contributed by atoms with Crippen LogP contribution in [0, 0.1) is 0 Å². The summed E-state index contributed by atoms with van der Waals surface area (Å²) >= 11 is 0. The minimum Gasteiger partial charge on any atom is -0.497 e. The maximum Gasteiger partial charge on any atom is 0.338 e. The Morgan fingerprint density at radius 1 is 0.792 bits per heavy atom. The molecule has 4 rings (SSSR count). The number of fused-ring (bicyclic) bond motifs is 5. The average molecular weight is 316 g/mol. The molecule has 0 saturated heterocycles. The van der Waals surface area contributed by atoms with E-state index in [1.807, 2.05) is 42.5 Å². The van der Waals surface area contributed by atoms with Gasteiger partial charge in [0.2, 0.25) is 0 Å². The zero-order chi connectivity index (χ0) is 16.7. The highest BCUT2D eigenvalue weighted by molar-refractivity contribution is 6.24. The molecule has 0 fully saturated rings. The maximum absolute atomic E-state index is 12.4. The summed E-state index contributed by atoms with van der Waals surface area (Å²) in [6, 6.07) is 20.0. The Balaban J connectivity index is 2.23. The first-order valence-corrected chi connectivity index (χ1v) is 7.73. The van der Waals surface area contributed by atoms with E-state index in [-0.39, 0.29) is 5.97 Å². The van der Waals surface area contributed by atoms with Crippen molar-refractivity contribution in [2.45, 2.75) is 0 Å². The molecule has 0 N–H and O–H groups in total. The average Bonchev–Trinajstić information content (AvgIpc) is 2.65. The van der Waals surface area contributed by atoms with Crippen LogP contribution in [-0.4, -0.2) is 20.2 Å². The summed E-state index contributed by atoms with van der Waals surface area (Å²) in [4.78, 5) is 12.4. The second kappa shape index (κ2) is 5.53. The van der Waals surface area contributed by atoms with Gasteiger partial charge in [-0.1, -0.05) is 42.5 Å². The summed E-state index contributed by atoms with van der Waals surface area (Å²) in [6.07, 6.45) is 0. The molecule has 0 aliphatic rings. The number of carbonyl (C=O) groups excluding carboxylic acids is 1. The zero-order valence-electron chi connectivity index (χ0n) is 13.5. The highest BCUT2D eigenvalue weighted by Gasteiger charge is 2.16. The van der Waals surface area contributed by atoms with Gasteiger partial charge in [-0.05, 0) is 45.1 Å². The molecule has 0 amide bonds. The third-order valence-electron chi connectivity index (χ3n) is 4.45. The third-order valence-corrected chi connectivity index (χ3v) is 4.45. The van der Waals surface area contributed by atoms with Crippen molar-refractivity contribution >= 4 is 38.3 Å². The molecular formula is C21H16O3. The Bertz CT molecular complexity index is 1100. The topological polar surface area (TPSA) is 35.5 Å². The Labute approximate surface area is 139 Å². The Hall–Kier alpha value is -3.07. The molecule has 0 aliphatic carbocycles. The van der Waals surface area contributed by atoms with Crippen LogP contribution in [0.15, 0.2) is 60.7 Å². The SMILES string of the molecule is COC(=O)c1cc2ccccc2c2ccc3cc(OC)ccc3c12. The van der Waals surface area contributed by atoms with Crippen LogP contribution in [0.1, 0.15) is 10.4 Å². The van der Waals surface area contributed by atoms with Gasteiger partial charge in [-0.15, -0.1) is 0 Å². The lowest BCUT2D eigenvalue weighted by atomic mass is 9.93. The number of hydrogen-bond donors (Lipinski definition) is 0. The van der Waals surface area contributed by atoms with Crippen molar-refractivity contribution in [3.63, 3.8) is 0 Å². The quantitative estimate of drug-likeness (QED) is 0.388. The van der Waals surface area contributed by atoms with Gasteiger partial charge < -0.3 is 9.47 Å². The first-order chi connectivity index (χ1) is 11.7. The fourth-order valence-corrected chi connectivity index (χ4v) is 3.32. The Kier molecular flexibility index (Phi) is 3.35. The van der Waals surface area contributed by atoms with Gasteiger partial charge in [0.05, 0.1) is 19.8 Å². The molecule has 0 bridgehead atoms. The second-order valence-electron chi connectivity index (χ2n) is 5.71. The van der Waals surface area contributed by atoms with Crippen molar-refractivity contribution in [2.24, 2.45) is 0 Å². The highest BCUT2D eigenvalue weighted by Crippen LogP contribution is 2.35. The van der Waals surface area contributed by atoms with Crippen molar-refractivity contribution in [3.05, 3.63) is 66.2 Å². The standard InChI is InChI=1S/C21H16O3/c1-23-15-8-10-17-14(11-15)7-9-18-16-6-4-3-5-13(16)12-19(20(17)18)21(22)24-2/h3-12H,1-2H3. The van der Waals surface area contributed by atoms with E-state index >= 15 is 0 Å². The molecule has 118 valence electrons. The van der Waals surface area contributed by atoms with Crippen LogP contribution in [-0.2, 0) is 4.74 Å². The van der Waals surface area contributed by atoms with Crippen LogP contribution in [0.4, 0.5) is 0 Å². The normalized spacial score (nSPS) is 11.1. The largest absolute Gasteiger partial charge is 0.497 e. The number of rotatable bonds is 2. The first kappa shape index (κ1) is 14.5. The van der Waals surface area contributed by atoms with Crippen LogP contribution in [0.25, 0.3) is 32.3 Å². The molecule has 0 saturated carbocycles. The predicted molar refractivity (Wildman–Crippen MR) is 96.9 cm³/mol. The lowest BCUT2D eigenvalue weighted by molar-refractivity contribution is 0.0603. The van der Waals surface area contributed by atoms with Crippen molar-refractivity contribution in [3.8, 4) is 5.75 Å². The van der Waals surface area contributed by atoms with E-state index in [0.29, 0.717) is 5.56 Å². The molecule has 4 aromatic rings. The number of benzene rings is 4. The van der Waals surface area contributed by atoms with Crippen molar-refractivity contribution in [2.75, 3.05) is 14.2 Å². The lowest BCUT2D eigenvalue weighted by Gasteiger charge is -2.12. The molecule has 4 aromatic carbocycles. The number of methoxy groups -OCH3 is 2. The molecule has 0 spiro atoms. The fourth-order valence-electron chi connectivity index (χ4n) is 3.32. The molecule has 3 nitrogen and oxygen atoms in total. The van der Waals surface area contributed by atoms with Gasteiger partial charge in [0, 0.05) is 5.39 Å². The number of hydrogen-bond acceptors (Lipinski definition) is 3. The fraction of sp³-hybridized carbons (Fsp3) is 0.0952. The number of ether oxygens (including phenoxy) is 2. The third kappa shape index (κ3) is 2.09. The minimum absolute atomic E-state index is 0.325. The molecule has 0 aromatic heterocycles. The van der Waals surface area contributed by atoms with E-state index < -0.39 is 0 Å². The molecule has 0 heterocycles. The monoisotopic (exact) mass is 316 g/mol. The maximum atomic E-state index is 12.4. The molecule has 3 heteroatoms. The van der Waals surface area contributed by atoms with Crippen molar-refractivity contribution in [1.29, 1.82) is 0 Å². The molecular weight excluding hydrogens is 300 g/mol. The van der Waals surface area contributed by atoms with Gasteiger partial charge >= 0.3 is 5.97 Å². The molecule has 24 heavy (non-hydrogen) atoms. The van der Waals surface area contributed by atoms with Crippen LogP contribution in [0.3, 0.4) is 0 Å². The van der Waals surface area contributed by atoms with Crippen LogP contribution in [0.5, 0.6) is 5.75 Å². The summed E-state index contributed by atoms with van der Waals surface area (Å²) in [5, 5.41) is 6.16. The summed E-state index contributed by atoms with van der Waals surface area (Å²) in [6.45, 7) is 0. The minimum atomic E-state index is -0.325. The smallest absolute Gasteiger partial charge is 0.338 e. The summed E-state index contributed by atoms with van der Waals surface area (Å²) in [7, 11) is 3.06. The summed E-state index contributed by atoms with van der Waals surface area (Å²) in [5.74, 6) is 0.469. The Morgan fingerprint density at radius 3 is 2.33 bits per heavy atom. The van der Waals surface area contributed by atoms with Crippen molar-refractivity contribution < 1.29 is 14.3 Å². The molecule has 0 radical (unpaired) electrons. The van der Waals surface area contributed by atoms with E-state index in [2.05, 4.69) is 18.2 Å². The van der Waals surface area contributed by atoms with E-state index in [1.165, 1.54) is 7.11 Å². The lowest BCUT2D eigenvalue weighted by Crippen LogP contribution is -2.03. The van der Waals surface area contributed by atoms with E-state index in [4.69, 9.17) is 9.47 Å². The van der Waals surface area contributed by atoms with Gasteiger partial charge in [0.1, 0.15) is 5.75 Å².